The van der Waals surface area contributed by atoms with Crippen LogP contribution < -0.4 is 0 Å². The van der Waals surface area contributed by atoms with E-state index in [1.807, 2.05) is 13.8 Å². The number of hydrogen-bond donors (Lipinski definition) is 0. The first-order chi connectivity index (χ1) is 6.71. The van der Waals surface area contributed by atoms with E-state index in [0.717, 1.165) is 12.8 Å². The molecule has 0 N–H and O–H groups in total. The van der Waals surface area contributed by atoms with Gasteiger partial charge < -0.3 is 0 Å². The Morgan fingerprint density at radius 2 is 1.67 bits per heavy atom. The third kappa shape index (κ3) is 1.54. The lowest BCUT2D eigenvalue weighted by Crippen LogP contribution is -2.51. The van der Waals surface area contributed by atoms with Gasteiger partial charge in [-0.05, 0) is 48.3 Å². The first kappa shape index (κ1) is 11.4. The monoisotopic (exact) mass is 212 g/mol. The van der Waals surface area contributed by atoms with Gasteiger partial charge in [-0.2, -0.15) is 0 Å². The van der Waals surface area contributed by atoms with Crippen molar-refractivity contribution in [3.8, 4) is 0 Å². The highest BCUT2D eigenvalue weighted by Crippen LogP contribution is 2.66. The Bertz CT molecular complexity index is 255. The van der Waals surface area contributed by atoms with Crippen molar-refractivity contribution in [2.75, 3.05) is 0 Å². The van der Waals surface area contributed by atoms with Crippen LogP contribution in [0.15, 0.2) is 0 Å². The number of rotatable bonds is 3. The van der Waals surface area contributed by atoms with Gasteiger partial charge in [0.25, 0.3) is 0 Å². The average Bonchev–Trinajstić information content (AvgIpc) is 2.78. The zero-order valence-electron chi connectivity index (χ0n) is 10.9. The summed E-state index contributed by atoms with van der Waals surface area (Å²) in [5.41, 5.74) is 0.000638. The SMILES string of the molecule is CC(C)C1(F)CC(C(C)(C)C2(C)CC2)C1. The number of hydrogen-bond acceptors (Lipinski definition) is 0. The molecule has 0 aromatic rings. The largest absolute Gasteiger partial charge is 0.244 e. The van der Waals surface area contributed by atoms with Gasteiger partial charge in [-0.3, -0.25) is 0 Å². The summed E-state index contributed by atoms with van der Waals surface area (Å²) in [6, 6.07) is 0. The maximum Gasteiger partial charge on any atom is 0.113 e. The number of alkyl halides is 1. The van der Waals surface area contributed by atoms with Crippen molar-refractivity contribution in [1.29, 1.82) is 0 Å². The topological polar surface area (TPSA) is 0 Å². The van der Waals surface area contributed by atoms with Crippen molar-refractivity contribution in [3.63, 3.8) is 0 Å². The summed E-state index contributed by atoms with van der Waals surface area (Å²) < 4.78 is 14.2. The van der Waals surface area contributed by atoms with Crippen LogP contribution in [-0.2, 0) is 0 Å². The van der Waals surface area contributed by atoms with Gasteiger partial charge in [0, 0.05) is 0 Å². The smallest absolute Gasteiger partial charge is 0.113 e. The molecular weight excluding hydrogens is 187 g/mol. The summed E-state index contributed by atoms with van der Waals surface area (Å²) in [4.78, 5) is 0. The van der Waals surface area contributed by atoms with Crippen LogP contribution >= 0.6 is 0 Å². The zero-order valence-corrected chi connectivity index (χ0v) is 10.9. The molecule has 2 saturated carbocycles. The van der Waals surface area contributed by atoms with Crippen molar-refractivity contribution in [2.45, 2.75) is 66.0 Å². The Labute approximate surface area is 93.6 Å². The summed E-state index contributed by atoms with van der Waals surface area (Å²) in [7, 11) is 0. The third-order valence-electron chi connectivity index (χ3n) is 5.78. The summed E-state index contributed by atoms with van der Waals surface area (Å²) in [5.74, 6) is 0.800. The van der Waals surface area contributed by atoms with Gasteiger partial charge in [0.1, 0.15) is 5.67 Å². The second-order valence-electron chi connectivity index (χ2n) is 7.08. The van der Waals surface area contributed by atoms with Crippen LogP contribution in [0.4, 0.5) is 4.39 Å². The summed E-state index contributed by atoms with van der Waals surface area (Å²) >= 11 is 0. The molecule has 2 rings (SSSR count). The normalized spacial score (nSPS) is 39.0. The second-order valence-corrected chi connectivity index (χ2v) is 7.08. The fraction of sp³-hybridized carbons (Fsp3) is 1.00. The molecule has 0 saturated heterocycles. The van der Waals surface area contributed by atoms with Crippen LogP contribution in [0.3, 0.4) is 0 Å². The van der Waals surface area contributed by atoms with Crippen LogP contribution in [0.5, 0.6) is 0 Å². The van der Waals surface area contributed by atoms with Crippen LogP contribution in [0.2, 0.25) is 0 Å². The highest BCUT2D eigenvalue weighted by molar-refractivity contribution is 5.10. The molecule has 2 aliphatic carbocycles. The van der Waals surface area contributed by atoms with E-state index in [1.165, 1.54) is 12.8 Å². The van der Waals surface area contributed by atoms with Crippen molar-refractivity contribution in [3.05, 3.63) is 0 Å². The predicted molar refractivity (Wildman–Crippen MR) is 62.5 cm³/mol. The lowest BCUT2D eigenvalue weighted by atomic mass is 9.53. The molecule has 0 unspecified atom stereocenters. The lowest BCUT2D eigenvalue weighted by Gasteiger charge is -2.53. The Kier molecular flexibility index (Phi) is 2.27. The number of halogens is 1. The molecule has 0 aromatic heterocycles. The molecule has 0 amide bonds. The van der Waals surface area contributed by atoms with E-state index in [1.54, 1.807) is 0 Å². The van der Waals surface area contributed by atoms with E-state index in [4.69, 9.17) is 0 Å². The summed E-state index contributed by atoms with van der Waals surface area (Å²) in [5, 5.41) is 0. The maximum atomic E-state index is 14.2. The molecule has 88 valence electrons. The first-order valence-electron chi connectivity index (χ1n) is 6.40. The van der Waals surface area contributed by atoms with Crippen molar-refractivity contribution in [2.24, 2.45) is 22.7 Å². The molecule has 0 aliphatic heterocycles. The van der Waals surface area contributed by atoms with Crippen molar-refractivity contribution >= 4 is 0 Å². The lowest BCUT2D eigenvalue weighted by molar-refractivity contribution is -0.0982. The molecule has 0 spiro atoms. The first-order valence-corrected chi connectivity index (χ1v) is 6.40. The third-order valence-corrected chi connectivity index (χ3v) is 5.78. The van der Waals surface area contributed by atoms with E-state index in [0.29, 0.717) is 16.7 Å². The molecule has 0 radical (unpaired) electrons. The maximum absolute atomic E-state index is 14.2. The minimum atomic E-state index is -0.854. The molecule has 15 heavy (non-hydrogen) atoms. The Morgan fingerprint density at radius 1 is 1.20 bits per heavy atom. The fourth-order valence-corrected chi connectivity index (χ4v) is 3.07. The summed E-state index contributed by atoms with van der Waals surface area (Å²) in [6.07, 6.45) is 4.29. The second kappa shape index (κ2) is 2.99. The highest BCUT2D eigenvalue weighted by atomic mass is 19.1. The van der Waals surface area contributed by atoms with Crippen LogP contribution in [-0.4, -0.2) is 5.67 Å². The average molecular weight is 212 g/mol. The van der Waals surface area contributed by atoms with E-state index in [9.17, 15) is 4.39 Å². The van der Waals surface area contributed by atoms with E-state index >= 15 is 0 Å². The standard InChI is InChI=1S/C14H25F/c1-10(2)14(15)8-11(9-14)12(3,4)13(5)6-7-13/h10-11H,6-9H2,1-5H3. The molecular formula is C14H25F. The van der Waals surface area contributed by atoms with Crippen molar-refractivity contribution < 1.29 is 4.39 Å². The fourth-order valence-electron chi connectivity index (χ4n) is 3.07. The minimum Gasteiger partial charge on any atom is -0.244 e. The molecule has 0 heterocycles. The van der Waals surface area contributed by atoms with E-state index in [-0.39, 0.29) is 5.92 Å². The molecule has 0 nitrogen and oxygen atoms in total. The molecule has 0 atom stereocenters. The highest BCUT2D eigenvalue weighted by Gasteiger charge is 2.60. The Hall–Kier alpha value is -0.0700. The quantitative estimate of drug-likeness (QED) is 0.642. The predicted octanol–water partition coefficient (Wildman–Crippen LogP) is 4.59. The van der Waals surface area contributed by atoms with E-state index < -0.39 is 5.67 Å². The molecule has 2 aliphatic rings. The van der Waals surface area contributed by atoms with Gasteiger partial charge in [-0.25, -0.2) is 4.39 Å². The molecule has 0 bridgehead atoms. The van der Waals surface area contributed by atoms with Gasteiger partial charge >= 0.3 is 0 Å². The Balaban J connectivity index is 2.00. The van der Waals surface area contributed by atoms with Crippen LogP contribution in [0.25, 0.3) is 0 Å². The molecule has 2 fully saturated rings. The van der Waals surface area contributed by atoms with E-state index in [2.05, 4.69) is 20.8 Å². The van der Waals surface area contributed by atoms with Crippen LogP contribution in [0, 0.1) is 22.7 Å². The van der Waals surface area contributed by atoms with Gasteiger partial charge in [0.05, 0.1) is 0 Å². The van der Waals surface area contributed by atoms with Gasteiger partial charge in [0.2, 0.25) is 0 Å². The minimum absolute atomic E-state index is 0.191. The zero-order chi connectivity index (χ0) is 11.5. The van der Waals surface area contributed by atoms with Crippen LogP contribution in [0.1, 0.15) is 60.3 Å². The van der Waals surface area contributed by atoms with Gasteiger partial charge in [-0.1, -0.05) is 34.6 Å². The van der Waals surface area contributed by atoms with Gasteiger partial charge in [0.15, 0.2) is 0 Å². The van der Waals surface area contributed by atoms with Gasteiger partial charge in [-0.15, -0.1) is 0 Å². The molecule has 1 heteroatoms. The molecule has 0 aromatic carbocycles. The van der Waals surface area contributed by atoms with Crippen molar-refractivity contribution in [1.82, 2.24) is 0 Å². The summed E-state index contributed by atoms with van der Waals surface area (Å²) in [6.45, 7) is 11.1. The Morgan fingerprint density at radius 3 is 2.00 bits per heavy atom.